The quantitative estimate of drug-likeness (QED) is 0.816. The molecule has 17 heavy (non-hydrogen) atoms. The highest BCUT2D eigenvalue weighted by atomic mass is 35.5. The van der Waals surface area contributed by atoms with Gasteiger partial charge in [-0.1, -0.05) is 36.4 Å². The lowest BCUT2D eigenvalue weighted by Gasteiger charge is -2.08. The number of nitrogens with one attached hydrogen (secondary N) is 1. The van der Waals surface area contributed by atoms with Gasteiger partial charge in [-0.05, 0) is 22.8 Å². The maximum Gasteiger partial charge on any atom is 0.131 e. The standard InChI is InChI=1S/C14H12FN.ClH/c15-14-7-2-1-5-12(14)11-6-3-4-10-8-16-9-13(10)11;/h1-7,16H,8-9H2;1H. The molecule has 0 saturated heterocycles. The fraction of sp³-hybridized carbons (Fsp3) is 0.143. The molecule has 0 aliphatic carbocycles. The number of rotatable bonds is 1. The Morgan fingerprint density at radius 3 is 2.47 bits per heavy atom. The van der Waals surface area contributed by atoms with Crippen LogP contribution in [0.4, 0.5) is 4.39 Å². The van der Waals surface area contributed by atoms with Crippen molar-refractivity contribution in [1.29, 1.82) is 0 Å². The van der Waals surface area contributed by atoms with E-state index in [0.29, 0.717) is 5.56 Å². The van der Waals surface area contributed by atoms with Gasteiger partial charge < -0.3 is 5.32 Å². The Bertz CT molecular complexity index is 539. The molecule has 0 amide bonds. The Morgan fingerprint density at radius 1 is 0.882 bits per heavy atom. The second-order valence-electron chi connectivity index (χ2n) is 4.03. The molecule has 0 spiro atoms. The van der Waals surface area contributed by atoms with E-state index in [1.807, 2.05) is 24.3 Å². The number of benzene rings is 2. The molecule has 1 aliphatic heterocycles. The highest BCUT2D eigenvalue weighted by Crippen LogP contribution is 2.30. The Hall–Kier alpha value is -1.38. The Kier molecular flexibility index (Phi) is 3.46. The van der Waals surface area contributed by atoms with Crippen LogP contribution in [0.3, 0.4) is 0 Å². The summed E-state index contributed by atoms with van der Waals surface area (Å²) in [6, 6.07) is 13.0. The van der Waals surface area contributed by atoms with E-state index >= 15 is 0 Å². The average Bonchev–Trinajstić information content (AvgIpc) is 2.77. The minimum Gasteiger partial charge on any atom is -0.309 e. The summed E-state index contributed by atoms with van der Waals surface area (Å²) < 4.78 is 13.7. The van der Waals surface area contributed by atoms with Gasteiger partial charge in [0, 0.05) is 18.7 Å². The summed E-state index contributed by atoms with van der Waals surface area (Å²) in [6.45, 7) is 1.72. The first-order valence-electron chi connectivity index (χ1n) is 5.42. The number of halogens is 2. The monoisotopic (exact) mass is 249 g/mol. The zero-order valence-electron chi connectivity index (χ0n) is 9.24. The summed E-state index contributed by atoms with van der Waals surface area (Å²) >= 11 is 0. The summed E-state index contributed by atoms with van der Waals surface area (Å²) in [5, 5.41) is 3.29. The van der Waals surface area contributed by atoms with Crippen molar-refractivity contribution in [2.24, 2.45) is 0 Å². The largest absolute Gasteiger partial charge is 0.309 e. The smallest absolute Gasteiger partial charge is 0.131 e. The van der Waals surface area contributed by atoms with Crippen molar-refractivity contribution in [1.82, 2.24) is 5.32 Å². The number of hydrogen-bond acceptors (Lipinski definition) is 1. The summed E-state index contributed by atoms with van der Waals surface area (Å²) in [5.41, 5.74) is 4.22. The predicted molar refractivity (Wildman–Crippen MR) is 69.6 cm³/mol. The first-order valence-corrected chi connectivity index (χ1v) is 5.42. The summed E-state index contributed by atoms with van der Waals surface area (Å²) in [4.78, 5) is 0. The van der Waals surface area contributed by atoms with Crippen molar-refractivity contribution >= 4 is 12.4 Å². The zero-order chi connectivity index (χ0) is 11.0. The molecule has 1 N–H and O–H groups in total. The minimum absolute atomic E-state index is 0. The van der Waals surface area contributed by atoms with Gasteiger partial charge in [-0.15, -0.1) is 12.4 Å². The fourth-order valence-corrected chi connectivity index (χ4v) is 2.26. The van der Waals surface area contributed by atoms with Gasteiger partial charge in [-0.25, -0.2) is 4.39 Å². The van der Waals surface area contributed by atoms with Gasteiger partial charge in [0.1, 0.15) is 5.82 Å². The van der Waals surface area contributed by atoms with Crippen LogP contribution in [0.25, 0.3) is 11.1 Å². The highest BCUT2D eigenvalue weighted by molar-refractivity contribution is 5.85. The molecule has 0 saturated carbocycles. The van der Waals surface area contributed by atoms with Crippen LogP contribution in [-0.2, 0) is 13.1 Å². The maximum absolute atomic E-state index is 13.7. The van der Waals surface area contributed by atoms with E-state index in [2.05, 4.69) is 11.4 Å². The Labute approximate surface area is 106 Å². The number of hydrogen-bond donors (Lipinski definition) is 1. The highest BCUT2D eigenvalue weighted by Gasteiger charge is 2.16. The van der Waals surface area contributed by atoms with Crippen molar-refractivity contribution in [3.8, 4) is 11.1 Å². The molecule has 3 heteroatoms. The third-order valence-corrected chi connectivity index (χ3v) is 3.05. The molecule has 3 rings (SSSR count). The van der Waals surface area contributed by atoms with E-state index in [0.717, 1.165) is 18.7 Å². The first kappa shape index (κ1) is 12.1. The summed E-state index contributed by atoms with van der Waals surface area (Å²) in [6.07, 6.45) is 0. The fourth-order valence-electron chi connectivity index (χ4n) is 2.26. The van der Waals surface area contributed by atoms with Gasteiger partial charge in [0.25, 0.3) is 0 Å². The molecule has 1 nitrogen and oxygen atoms in total. The molecule has 0 bridgehead atoms. The van der Waals surface area contributed by atoms with Gasteiger partial charge in [0.15, 0.2) is 0 Å². The molecular formula is C14H13ClFN. The summed E-state index contributed by atoms with van der Waals surface area (Å²) in [7, 11) is 0. The lowest BCUT2D eigenvalue weighted by Crippen LogP contribution is -2.00. The third kappa shape index (κ3) is 2.06. The van der Waals surface area contributed by atoms with Gasteiger partial charge >= 0.3 is 0 Å². The second-order valence-corrected chi connectivity index (χ2v) is 4.03. The van der Waals surface area contributed by atoms with Crippen LogP contribution in [0.2, 0.25) is 0 Å². The van der Waals surface area contributed by atoms with Crippen LogP contribution in [0.15, 0.2) is 42.5 Å². The maximum atomic E-state index is 13.7. The van der Waals surface area contributed by atoms with Crippen molar-refractivity contribution in [2.75, 3.05) is 0 Å². The molecular weight excluding hydrogens is 237 g/mol. The van der Waals surface area contributed by atoms with Gasteiger partial charge in [-0.3, -0.25) is 0 Å². The van der Waals surface area contributed by atoms with Crippen molar-refractivity contribution in [3.63, 3.8) is 0 Å². The molecule has 0 unspecified atom stereocenters. The average molecular weight is 250 g/mol. The van der Waals surface area contributed by atoms with Crippen LogP contribution < -0.4 is 5.32 Å². The Balaban J connectivity index is 0.00000108. The normalized spacial score (nSPS) is 13.0. The number of fused-ring (bicyclic) bond motifs is 1. The van der Waals surface area contributed by atoms with E-state index in [1.54, 1.807) is 6.07 Å². The molecule has 1 aliphatic rings. The molecule has 2 aromatic carbocycles. The topological polar surface area (TPSA) is 12.0 Å². The van der Waals surface area contributed by atoms with E-state index in [-0.39, 0.29) is 18.2 Å². The lowest BCUT2D eigenvalue weighted by atomic mass is 9.97. The van der Waals surface area contributed by atoms with Gasteiger partial charge in [0.2, 0.25) is 0 Å². The molecule has 2 aromatic rings. The first-order chi connectivity index (χ1) is 7.86. The third-order valence-electron chi connectivity index (χ3n) is 3.05. The zero-order valence-corrected chi connectivity index (χ0v) is 10.1. The van der Waals surface area contributed by atoms with Crippen LogP contribution in [0.1, 0.15) is 11.1 Å². The van der Waals surface area contributed by atoms with Gasteiger partial charge in [-0.2, -0.15) is 0 Å². The van der Waals surface area contributed by atoms with Crippen molar-refractivity contribution < 1.29 is 4.39 Å². The van der Waals surface area contributed by atoms with E-state index in [9.17, 15) is 4.39 Å². The SMILES string of the molecule is Cl.Fc1ccccc1-c1cccc2c1CNC2. The molecule has 0 atom stereocenters. The van der Waals surface area contributed by atoms with E-state index in [4.69, 9.17) is 0 Å². The van der Waals surface area contributed by atoms with Crippen LogP contribution >= 0.6 is 12.4 Å². The van der Waals surface area contributed by atoms with Crippen LogP contribution in [-0.4, -0.2) is 0 Å². The molecule has 0 fully saturated rings. The predicted octanol–water partition coefficient (Wildman–Crippen LogP) is 3.52. The summed E-state index contributed by atoms with van der Waals surface area (Å²) in [5.74, 6) is -0.150. The van der Waals surface area contributed by atoms with Crippen LogP contribution in [0.5, 0.6) is 0 Å². The lowest BCUT2D eigenvalue weighted by molar-refractivity contribution is 0.631. The van der Waals surface area contributed by atoms with Gasteiger partial charge in [0.05, 0.1) is 0 Å². The molecule has 0 radical (unpaired) electrons. The second kappa shape index (κ2) is 4.86. The molecule has 88 valence electrons. The minimum atomic E-state index is -0.150. The molecule has 0 aromatic heterocycles. The van der Waals surface area contributed by atoms with E-state index in [1.165, 1.54) is 17.2 Å². The van der Waals surface area contributed by atoms with Crippen molar-refractivity contribution in [2.45, 2.75) is 13.1 Å². The molecule has 1 heterocycles. The van der Waals surface area contributed by atoms with E-state index < -0.39 is 0 Å². The van der Waals surface area contributed by atoms with Crippen molar-refractivity contribution in [3.05, 3.63) is 59.4 Å². The Morgan fingerprint density at radius 2 is 1.65 bits per heavy atom. The van der Waals surface area contributed by atoms with Crippen LogP contribution in [0, 0.1) is 5.82 Å².